The van der Waals surface area contributed by atoms with Crippen LogP contribution in [0.1, 0.15) is 5.69 Å². The van der Waals surface area contributed by atoms with Crippen molar-refractivity contribution in [1.29, 1.82) is 0 Å². The summed E-state index contributed by atoms with van der Waals surface area (Å²) < 4.78 is 3.47. The van der Waals surface area contributed by atoms with E-state index in [0.717, 1.165) is 5.69 Å². The molecule has 0 saturated heterocycles. The standard InChI is InChI=1S/C9H12N4OS/c1-7-6-15-9(14)13(7)5-4-12-3-2-8(10)11-12/h2-3,6H,4-5H2,1H3,(H2,10,11). The number of nitrogens with zero attached hydrogens (tertiary/aromatic N) is 3. The molecule has 0 spiro atoms. The summed E-state index contributed by atoms with van der Waals surface area (Å²) in [5, 5.41) is 5.91. The van der Waals surface area contributed by atoms with Crippen LogP contribution in [-0.4, -0.2) is 14.3 Å². The van der Waals surface area contributed by atoms with Gasteiger partial charge in [0.2, 0.25) is 0 Å². The fraction of sp³-hybridized carbons (Fsp3) is 0.333. The molecule has 0 atom stereocenters. The van der Waals surface area contributed by atoms with E-state index < -0.39 is 0 Å². The number of aromatic nitrogens is 3. The number of nitrogens with two attached hydrogens (primary N) is 1. The van der Waals surface area contributed by atoms with Gasteiger partial charge in [-0.3, -0.25) is 9.48 Å². The Morgan fingerprint density at radius 1 is 1.53 bits per heavy atom. The van der Waals surface area contributed by atoms with Gasteiger partial charge in [0.1, 0.15) is 5.82 Å². The van der Waals surface area contributed by atoms with Gasteiger partial charge in [-0.2, -0.15) is 5.10 Å². The number of rotatable bonds is 3. The predicted octanol–water partition coefficient (Wildman–Crippen LogP) is 0.697. The summed E-state index contributed by atoms with van der Waals surface area (Å²) in [6, 6.07) is 1.74. The van der Waals surface area contributed by atoms with Crippen LogP contribution in [0.5, 0.6) is 0 Å². The van der Waals surface area contributed by atoms with Gasteiger partial charge >= 0.3 is 4.87 Å². The molecule has 2 aromatic heterocycles. The summed E-state index contributed by atoms with van der Waals surface area (Å²) in [6.45, 7) is 3.22. The van der Waals surface area contributed by atoms with Crippen molar-refractivity contribution < 1.29 is 0 Å². The molecule has 2 N–H and O–H groups in total. The predicted molar refractivity (Wildman–Crippen MR) is 60.0 cm³/mol. The normalized spacial score (nSPS) is 10.7. The molecular weight excluding hydrogens is 212 g/mol. The average molecular weight is 224 g/mol. The summed E-state index contributed by atoms with van der Waals surface area (Å²) in [6.07, 6.45) is 1.81. The van der Waals surface area contributed by atoms with Gasteiger partial charge in [-0.05, 0) is 13.0 Å². The highest BCUT2D eigenvalue weighted by molar-refractivity contribution is 7.07. The van der Waals surface area contributed by atoms with Gasteiger partial charge in [0.15, 0.2) is 0 Å². The molecule has 0 amide bonds. The minimum absolute atomic E-state index is 0.0765. The third kappa shape index (κ3) is 2.10. The molecule has 6 heteroatoms. The summed E-state index contributed by atoms with van der Waals surface area (Å²) in [5.74, 6) is 0.504. The molecule has 0 bridgehead atoms. The zero-order chi connectivity index (χ0) is 10.8. The Morgan fingerprint density at radius 3 is 2.87 bits per heavy atom. The van der Waals surface area contributed by atoms with E-state index in [1.165, 1.54) is 11.3 Å². The van der Waals surface area contributed by atoms with Crippen molar-refractivity contribution in [3.05, 3.63) is 33.0 Å². The lowest BCUT2D eigenvalue weighted by atomic mass is 10.5. The largest absolute Gasteiger partial charge is 0.382 e. The van der Waals surface area contributed by atoms with E-state index in [9.17, 15) is 4.79 Å². The Kier molecular flexibility index (Phi) is 2.59. The van der Waals surface area contributed by atoms with Crippen molar-refractivity contribution in [3.63, 3.8) is 0 Å². The lowest BCUT2D eigenvalue weighted by Gasteiger charge is -2.04. The number of anilines is 1. The first-order chi connectivity index (χ1) is 7.16. The SMILES string of the molecule is Cc1csc(=O)n1CCn1ccc(N)n1. The third-order valence-corrected chi connectivity index (χ3v) is 3.07. The number of hydrogen-bond donors (Lipinski definition) is 1. The molecule has 80 valence electrons. The van der Waals surface area contributed by atoms with Crippen LogP contribution in [0.25, 0.3) is 0 Å². The quantitative estimate of drug-likeness (QED) is 0.834. The van der Waals surface area contributed by atoms with Crippen molar-refractivity contribution in [2.75, 3.05) is 5.73 Å². The van der Waals surface area contributed by atoms with Crippen LogP contribution < -0.4 is 10.6 Å². The molecule has 15 heavy (non-hydrogen) atoms. The number of thiazole rings is 1. The smallest absolute Gasteiger partial charge is 0.307 e. The van der Waals surface area contributed by atoms with Crippen LogP contribution >= 0.6 is 11.3 Å². The minimum Gasteiger partial charge on any atom is -0.382 e. The summed E-state index contributed by atoms with van der Waals surface area (Å²) >= 11 is 1.22. The Balaban J connectivity index is 2.08. The Bertz CT molecular complexity index is 510. The van der Waals surface area contributed by atoms with Gasteiger partial charge in [0, 0.05) is 23.8 Å². The van der Waals surface area contributed by atoms with E-state index in [1.807, 2.05) is 18.5 Å². The molecule has 0 aliphatic carbocycles. The molecule has 0 saturated carbocycles. The second-order valence-electron chi connectivity index (χ2n) is 3.30. The molecule has 0 fully saturated rings. The Labute approximate surface area is 90.8 Å². The van der Waals surface area contributed by atoms with E-state index in [4.69, 9.17) is 5.73 Å². The number of hydrogen-bond acceptors (Lipinski definition) is 4. The van der Waals surface area contributed by atoms with Crippen molar-refractivity contribution >= 4 is 17.2 Å². The van der Waals surface area contributed by atoms with E-state index in [-0.39, 0.29) is 4.87 Å². The molecule has 2 heterocycles. The summed E-state index contributed by atoms with van der Waals surface area (Å²) in [5.41, 5.74) is 6.48. The fourth-order valence-electron chi connectivity index (χ4n) is 1.38. The maximum absolute atomic E-state index is 11.4. The first-order valence-corrected chi connectivity index (χ1v) is 5.48. The third-order valence-electron chi connectivity index (χ3n) is 2.19. The van der Waals surface area contributed by atoms with Gasteiger partial charge in [-0.1, -0.05) is 11.3 Å². The second-order valence-corrected chi connectivity index (χ2v) is 4.12. The molecule has 0 aliphatic rings. The maximum atomic E-state index is 11.4. The Morgan fingerprint density at radius 2 is 2.33 bits per heavy atom. The number of nitrogen functional groups attached to an aromatic ring is 1. The molecule has 2 rings (SSSR count). The molecule has 0 aromatic carbocycles. The summed E-state index contributed by atoms with van der Waals surface area (Å²) in [7, 11) is 0. The highest BCUT2D eigenvalue weighted by atomic mass is 32.1. The summed E-state index contributed by atoms with van der Waals surface area (Å²) in [4.78, 5) is 11.5. The molecular formula is C9H12N4OS. The van der Waals surface area contributed by atoms with Gasteiger partial charge in [0.25, 0.3) is 0 Å². The van der Waals surface area contributed by atoms with E-state index in [1.54, 1.807) is 15.3 Å². The van der Waals surface area contributed by atoms with E-state index in [2.05, 4.69) is 5.10 Å². The zero-order valence-electron chi connectivity index (χ0n) is 8.38. The first-order valence-electron chi connectivity index (χ1n) is 4.60. The number of aryl methyl sites for hydroxylation is 2. The van der Waals surface area contributed by atoms with Crippen molar-refractivity contribution in [2.24, 2.45) is 0 Å². The molecule has 5 nitrogen and oxygen atoms in total. The van der Waals surface area contributed by atoms with Crippen LogP contribution in [-0.2, 0) is 13.1 Å². The molecule has 2 aromatic rings. The maximum Gasteiger partial charge on any atom is 0.307 e. The highest BCUT2D eigenvalue weighted by Crippen LogP contribution is 2.01. The van der Waals surface area contributed by atoms with E-state index in [0.29, 0.717) is 18.9 Å². The topological polar surface area (TPSA) is 65.8 Å². The van der Waals surface area contributed by atoms with Crippen molar-refractivity contribution in [2.45, 2.75) is 20.0 Å². The second kappa shape index (κ2) is 3.90. The Hall–Kier alpha value is -1.56. The van der Waals surface area contributed by atoms with Crippen LogP contribution in [0.4, 0.5) is 5.82 Å². The van der Waals surface area contributed by atoms with Crippen LogP contribution in [0.15, 0.2) is 22.4 Å². The molecule has 0 unspecified atom stereocenters. The average Bonchev–Trinajstić information content (AvgIpc) is 2.73. The highest BCUT2D eigenvalue weighted by Gasteiger charge is 2.02. The lowest BCUT2D eigenvalue weighted by Crippen LogP contribution is -2.18. The molecule has 0 aliphatic heterocycles. The van der Waals surface area contributed by atoms with Gasteiger partial charge in [0.05, 0.1) is 6.54 Å². The fourth-order valence-corrected chi connectivity index (χ4v) is 2.14. The minimum atomic E-state index is 0.0765. The van der Waals surface area contributed by atoms with Crippen molar-refractivity contribution in [1.82, 2.24) is 14.3 Å². The van der Waals surface area contributed by atoms with E-state index >= 15 is 0 Å². The van der Waals surface area contributed by atoms with Gasteiger partial charge < -0.3 is 10.3 Å². The van der Waals surface area contributed by atoms with Gasteiger partial charge in [-0.15, -0.1) is 0 Å². The molecule has 0 radical (unpaired) electrons. The monoisotopic (exact) mass is 224 g/mol. The first kappa shape index (κ1) is 9.97. The van der Waals surface area contributed by atoms with Crippen LogP contribution in [0.2, 0.25) is 0 Å². The zero-order valence-corrected chi connectivity index (χ0v) is 9.20. The lowest BCUT2D eigenvalue weighted by molar-refractivity contribution is 0.524. The van der Waals surface area contributed by atoms with Crippen LogP contribution in [0, 0.1) is 6.92 Å². The van der Waals surface area contributed by atoms with Crippen molar-refractivity contribution in [3.8, 4) is 0 Å². The van der Waals surface area contributed by atoms with Crippen LogP contribution in [0.3, 0.4) is 0 Å². The van der Waals surface area contributed by atoms with Gasteiger partial charge in [-0.25, -0.2) is 0 Å².